The first kappa shape index (κ1) is 10.7. The predicted octanol–water partition coefficient (Wildman–Crippen LogP) is 2.47. The fraction of sp³-hybridized carbons (Fsp3) is 0.333. The minimum absolute atomic E-state index is 0.0317. The first-order chi connectivity index (χ1) is 7.56. The Kier molecular flexibility index (Phi) is 2.64. The third-order valence-electron chi connectivity index (χ3n) is 2.40. The maximum absolute atomic E-state index is 11.5. The van der Waals surface area contributed by atoms with Crippen molar-refractivity contribution in [3.8, 4) is 0 Å². The fourth-order valence-corrected chi connectivity index (χ4v) is 1.44. The molecule has 0 saturated carbocycles. The summed E-state index contributed by atoms with van der Waals surface area (Å²) < 4.78 is 0. The molecule has 1 heterocycles. The molecule has 2 N–H and O–H groups in total. The number of nitrogens with zero attached hydrogens (tertiary/aromatic N) is 1. The summed E-state index contributed by atoms with van der Waals surface area (Å²) in [6.45, 7) is 5.72. The summed E-state index contributed by atoms with van der Waals surface area (Å²) in [5.74, 6) is 0.435. The number of hydrogen-bond donors (Lipinski definition) is 2. The molecular formula is C12H15N3O. The van der Waals surface area contributed by atoms with E-state index in [2.05, 4.69) is 15.3 Å². The van der Waals surface area contributed by atoms with E-state index in [4.69, 9.17) is 0 Å². The lowest BCUT2D eigenvalue weighted by Crippen LogP contribution is -2.18. The lowest BCUT2D eigenvalue weighted by molar-refractivity contribution is -0.118. The van der Waals surface area contributed by atoms with E-state index in [0.717, 1.165) is 16.6 Å². The molecule has 0 fully saturated rings. The lowest BCUT2D eigenvalue weighted by atomic mass is 10.2. The number of carbonyl (C=O) groups is 1. The normalized spacial score (nSPS) is 11.0. The van der Waals surface area contributed by atoms with Crippen LogP contribution < -0.4 is 5.32 Å². The van der Waals surface area contributed by atoms with Crippen LogP contribution in [0, 0.1) is 12.8 Å². The van der Waals surface area contributed by atoms with E-state index in [9.17, 15) is 4.79 Å². The van der Waals surface area contributed by atoms with Gasteiger partial charge in [-0.05, 0) is 24.6 Å². The van der Waals surface area contributed by atoms with Crippen molar-refractivity contribution in [1.29, 1.82) is 0 Å². The van der Waals surface area contributed by atoms with Gasteiger partial charge in [0.25, 0.3) is 0 Å². The summed E-state index contributed by atoms with van der Waals surface area (Å²) in [5.41, 5.74) is 2.97. The van der Waals surface area contributed by atoms with Crippen molar-refractivity contribution in [2.75, 3.05) is 5.32 Å². The Hall–Kier alpha value is -1.84. The zero-order valence-electron chi connectivity index (χ0n) is 9.66. The molecule has 0 atom stereocenters. The molecule has 2 aromatic rings. The third-order valence-corrected chi connectivity index (χ3v) is 2.40. The van der Waals surface area contributed by atoms with Crippen molar-refractivity contribution in [2.45, 2.75) is 20.8 Å². The number of carbonyl (C=O) groups excluding carboxylic acids is 1. The van der Waals surface area contributed by atoms with Gasteiger partial charge in [-0.15, -0.1) is 0 Å². The Labute approximate surface area is 94.1 Å². The molecule has 4 nitrogen and oxygen atoms in total. The molecule has 0 spiro atoms. The second-order valence-corrected chi connectivity index (χ2v) is 4.25. The summed E-state index contributed by atoms with van der Waals surface area (Å²) in [5, 5.41) is 2.74. The summed E-state index contributed by atoms with van der Waals surface area (Å²) in [4.78, 5) is 18.9. The molecule has 0 aliphatic heterocycles. The van der Waals surface area contributed by atoms with Crippen LogP contribution in [0.2, 0.25) is 0 Å². The van der Waals surface area contributed by atoms with Gasteiger partial charge in [0, 0.05) is 5.92 Å². The maximum Gasteiger partial charge on any atom is 0.229 e. The summed E-state index contributed by atoms with van der Waals surface area (Å²) >= 11 is 0. The summed E-state index contributed by atoms with van der Waals surface area (Å²) in [7, 11) is 0. The molecule has 4 heteroatoms. The molecule has 16 heavy (non-hydrogen) atoms. The van der Waals surface area contributed by atoms with Crippen LogP contribution in [0.25, 0.3) is 11.0 Å². The zero-order chi connectivity index (χ0) is 11.7. The minimum Gasteiger partial charge on any atom is -0.324 e. The molecule has 1 aromatic heterocycles. The fourth-order valence-electron chi connectivity index (χ4n) is 1.44. The van der Waals surface area contributed by atoms with Crippen LogP contribution in [0.4, 0.5) is 5.95 Å². The molecule has 1 aromatic carbocycles. The summed E-state index contributed by atoms with van der Waals surface area (Å²) in [6, 6.07) is 5.94. The van der Waals surface area contributed by atoms with E-state index in [1.807, 2.05) is 39.0 Å². The van der Waals surface area contributed by atoms with Gasteiger partial charge in [-0.3, -0.25) is 10.1 Å². The number of aromatic nitrogens is 2. The van der Waals surface area contributed by atoms with Crippen LogP contribution in [0.3, 0.4) is 0 Å². The zero-order valence-corrected chi connectivity index (χ0v) is 9.66. The molecule has 0 radical (unpaired) electrons. The Morgan fingerprint density at radius 2 is 2.19 bits per heavy atom. The first-order valence-corrected chi connectivity index (χ1v) is 5.33. The van der Waals surface area contributed by atoms with Gasteiger partial charge in [0.1, 0.15) is 0 Å². The number of nitrogens with one attached hydrogen (secondary N) is 2. The number of fused-ring (bicyclic) bond motifs is 1. The summed E-state index contributed by atoms with van der Waals surface area (Å²) in [6.07, 6.45) is 0. The first-order valence-electron chi connectivity index (χ1n) is 5.33. The van der Waals surface area contributed by atoms with E-state index in [1.54, 1.807) is 0 Å². The van der Waals surface area contributed by atoms with E-state index >= 15 is 0 Å². The van der Waals surface area contributed by atoms with E-state index in [1.165, 1.54) is 0 Å². The van der Waals surface area contributed by atoms with E-state index in [-0.39, 0.29) is 11.8 Å². The Bertz CT molecular complexity index is 528. The van der Waals surface area contributed by atoms with E-state index in [0.29, 0.717) is 5.95 Å². The van der Waals surface area contributed by atoms with Crippen molar-refractivity contribution < 1.29 is 4.79 Å². The van der Waals surface area contributed by atoms with Crippen LogP contribution in [-0.2, 0) is 4.79 Å². The number of imidazole rings is 1. The van der Waals surface area contributed by atoms with E-state index < -0.39 is 0 Å². The highest BCUT2D eigenvalue weighted by Crippen LogP contribution is 2.15. The van der Waals surface area contributed by atoms with Gasteiger partial charge in [0.05, 0.1) is 11.0 Å². The predicted molar refractivity (Wildman–Crippen MR) is 64.3 cm³/mol. The molecule has 0 aliphatic rings. The number of amides is 1. The topological polar surface area (TPSA) is 57.8 Å². The third kappa shape index (κ3) is 2.05. The monoisotopic (exact) mass is 217 g/mol. The number of anilines is 1. The van der Waals surface area contributed by atoms with Gasteiger partial charge < -0.3 is 4.98 Å². The van der Waals surface area contributed by atoms with Crippen LogP contribution in [-0.4, -0.2) is 15.9 Å². The van der Waals surface area contributed by atoms with Crippen molar-refractivity contribution in [2.24, 2.45) is 5.92 Å². The molecule has 84 valence electrons. The SMILES string of the molecule is Cc1ccc2nc(NC(=O)C(C)C)[nH]c2c1. The van der Waals surface area contributed by atoms with Gasteiger partial charge in [-0.2, -0.15) is 0 Å². The Morgan fingerprint density at radius 1 is 1.44 bits per heavy atom. The second-order valence-electron chi connectivity index (χ2n) is 4.25. The largest absolute Gasteiger partial charge is 0.324 e. The van der Waals surface area contributed by atoms with Gasteiger partial charge in [0.15, 0.2) is 0 Å². The quantitative estimate of drug-likeness (QED) is 0.811. The smallest absolute Gasteiger partial charge is 0.229 e. The molecule has 0 unspecified atom stereocenters. The Balaban J connectivity index is 2.29. The average Bonchev–Trinajstić information content (AvgIpc) is 2.58. The second kappa shape index (κ2) is 3.96. The van der Waals surface area contributed by atoms with Gasteiger partial charge in [-0.25, -0.2) is 4.98 Å². The number of hydrogen-bond acceptors (Lipinski definition) is 2. The molecule has 0 bridgehead atoms. The number of benzene rings is 1. The molecule has 0 saturated heterocycles. The van der Waals surface area contributed by atoms with Crippen LogP contribution in [0.5, 0.6) is 0 Å². The number of aryl methyl sites for hydroxylation is 1. The molecule has 2 rings (SSSR count). The van der Waals surface area contributed by atoms with Crippen molar-refractivity contribution in [1.82, 2.24) is 9.97 Å². The average molecular weight is 217 g/mol. The van der Waals surface area contributed by atoms with Crippen LogP contribution in [0.1, 0.15) is 19.4 Å². The molecule has 1 amide bonds. The van der Waals surface area contributed by atoms with Gasteiger partial charge >= 0.3 is 0 Å². The van der Waals surface area contributed by atoms with Gasteiger partial charge in [0.2, 0.25) is 11.9 Å². The van der Waals surface area contributed by atoms with Crippen LogP contribution >= 0.6 is 0 Å². The number of H-pyrrole nitrogens is 1. The minimum atomic E-state index is -0.0463. The molecule has 0 aliphatic carbocycles. The van der Waals surface area contributed by atoms with Crippen molar-refractivity contribution in [3.63, 3.8) is 0 Å². The van der Waals surface area contributed by atoms with Gasteiger partial charge in [-0.1, -0.05) is 19.9 Å². The highest BCUT2D eigenvalue weighted by atomic mass is 16.1. The number of aromatic amines is 1. The van der Waals surface area contributed by atoms with Crippen molar-refractivity contribution >= 4 is 22.9 Å². The standard InChI is InChI=1S/C12H15N3O/c1-7(2)11(16)15-12-13-9-5-4-8(3)6-10(9)14-12/h4-7H,1-3H3,(H2,13,14,15,16). The van der Waals surface area contributed by atoms with Crippen molar-refractivity contribution in [3.05, 3.63) is 23.8 Å². The highest BCUT2D eigenvalue weighted by molar-refractivity contribution is 5.92. The van der Waals surface area contributed by atoms with Crippen LogP contribution in [0.15, 0.2) is 18.2 Å². The number of rotatable bonds is 2. The molecular weight excluding hydrogens is 202 g/mol. The lowest BCUT2D eigenvalue weighted by Gasteiger charge is -2.03. The Morgan fingerprint density at radius 3 is 2.88 bits per heavy atom. The maximum atomic E-state index is 11.5. The highest BCUT2D eigenvalue weighted by Gasteiger charge is 2.09.